The first-order chi connectivity index (χ1) is 9.81. The number of amides is 1. The summed E-state index contributed by atoms with van der Waals surface area (Å²) in [6, 6.07) is 1.62. The van der Waals surface area contributed by atoms with Crippen LogP contribution in [0.2, 0.25) is 5.02 Å². The molecule has 1 aliphatic carbocycles. The molecular formula is C16H20ClN3O. The van der Waals surface area contributed by atoms with Gasteiger partial charge in [-0.25, -0.2) is 4.98 Å². The van der Waals surface area contributed by atoms with Crippen molar-refractivity contribution in [3.05, 3.63) is 22.8 Å². The van der Waals surface area contributed by atoms with E-state index < -0.39 is 5.54 Å². The number of terminal acetylenes is 1. The van der Waals surface area contributed by atoms with Crippen molar-refractivity contribution >= 4 is 23.3 Å². The van der Waals surface area contributed by atoms with Crippen molar-refractivity contribution in [1.29, 1.82) is 0 Å². The van der Waals surface area contributed by atoms with Gasteiger partial charge >= 0.3 is 0 Å². The molecule has 1 heterocycles. The highest BCUT2D eigenvalue weighted by atomic mass is 35.5. The van der Waals surface area contributed by atoms with Crippen molar-refractivity contribution in [2.75, 3.05) is 5.32 Å². The molecule has 1 atom stereocenters. The van der Waals surface area contributed by atoms with E-state index in [0.29, 0.717) is 22.8 Å². The van der Waals surface area contributed by atoms with Crippen LogP contribution < -0.4 is 10.6 Å². The zero-order valence-corrected chi connectivity index (χ0v) is 13.3. The Morgan fingerprint density at radius 3 is 2.81 bits per heavy atom. The van der Waals surface area contributed by atoms with Gasteiger partial charge in [0.05, 0.1) is 16.1 Å². The Balaban J connectivity index is 2.27. The molecule has 2 N–H and O–H groups in total. The molecule has 1 aliphatic rings. The van der Waals surface area contributed by atoms with Crippen molar-refractivity contribution in [3.8, 4) is 12.3 Å². The van der Waals surface area contributed by atoms with Crippen molar-refractivity contribution in [2.24, 2.45) is 0 Å². The largest absolute Gasteiger partial charge is 0.364 e. The molecule has 1 fully saturated rings. The molecule has 0 aromatic carbocycles. The second-order valence-electron chi connectivity index (χ2n) is 6.02. The molecule has 5 heteroatoms. The first-order valence-electron chi connectivity index (χ1n) is 7.05. The van der Waals surface area contributed by atoms with Crippen molar-refractivity contribution in [3.63, 3.8) is 0 Å². The highest BCUT2D eigenvalue weighted by Gasteiger charge is 2.38. The van der Waals surface area contributed by atoms with Crippen LogP contribution in [-0.2, 0) is 0 Å². The van der Waals surface area contributed by atoms with Gasteiger partial charge in [-0.05, 0) is 39.2 Å². The van der Waals surface area contributed by atoms with E-state index in [2.05, 4.69) is 28.5 Å². The Labute approximate surface area is 130 Å². The number of pyridine rings is 1. The molecule has 0 bridgehead atoms. The smallest absolute Gasteiger partial charge is 0.256 e. The minimum atomic E-state index is -0.680. The van der Waals surface area contributed by atoms with E-state index in [1.807, 2.05) is 13.8 Å². The van der Waals surface area contributed by atoms with E-state index in [4.69, 9.17) is 18.0 Å². The predicted octanol–water partition coefficient (Wildman–Crippen LogP) is 3.23. The molecule has 4 nitrogen and oxygen atoms in total. The summed E-state index contributed by atoms with van der Waals surface area (Å²) in [5, 5.41) is 6.60. The van der Waals surface area contributed by atoms with E-state index in [9.17, 15) is 4.79 Å². The number of hydrogen-bond acceptors (Lipinski definition) is 3. The second kappa shape index (κ2) is 5.57. The Hall–Kier alpha value is -1.73. The third-order valence-electron chi connectivity index (χ3n) is 3.93. The normalized spacial score (nSPS) is 18.2. The standard InChI is InChI=1S/C16H20ClN3O/c1-5-15(3,6-2)20-14(21)12-9-11(17)10-18-13(12)19-16(4)7-8-16/h1,9-10H,6-8H2,2-4H3,(H,18,19)(H,20,21)/t15-/m0/s1. The van der Waals surface area contributed by atoms with E-state index in [1.165, 1.54) is 6.20 Å². The van der Waals surface area contributed by atoms with Gasteiger partial charge in [0.25, 0.3) is 5.91 Å². The summed E-state index contributed by atoms with van der Waals surface area (Å²) in [6.07, 6.45) is 9.81. The van der Waals surface area contributed by atoms with Crippen LogP contribution in [-0.4, -0.2) is 22.0 Å². The average molecular weight is 306 g/mol. The molecule has 0 saturated heterocycles. The maximum absolute atomic E-state index is 12.5. The number of hydrogen-bond donors (Lipinski definition) is 2. The number of halogens is 1. The maximum atomic E-state index is 12.5. The van der Waals surface area contributed by atoms with Crippen LogP contribution in [0.15, 0.2) is 12.3 Å². The molecule has 1 amide bonds. The molecule has 0 unspecified atom stereocenters. The number of carbonyl (C=O) groups is 1. The quantitative estimate of drug-likeness (QED) is 0.821. The van der Waals surface area contributed by atoms with Gasteiger partial charge in [-0.3, -0.25) is 4.79 Å². The molecule has 0 radical (unpaired) electrons. The monoisotopic (exact) mass is 305 g/mol. The van der Waals surface area contributed by atoms with Crippen molar-refractivity contribution in [2.45, 2.75) is 51.1 Å². The average Bonchev–Trinajstić information content (AvgIpc) is 3.18. The maximum Gasteiger partial charge on any atom is 0.256 e. The van der Waals surface area contributed by atoms with Gasteiger partial charge in [0, 0.05) is 11.7 Å². The number of aromatic nitrogens is 1. The fraction of sp³-hybridized carbons (Fsp3) is 0.500. The Morgan fingerprint density at radius 2 is 2.29 bits per heavy atom. The van der Waals surface area contributed by atoms with Gasteiger partial charge in [0.15, 0.2) is 0 Å². The molecule has 112 valence electrons. The van der Waals surface area contributed by atoms with E-state index in [-0.39, 0.29) is 11.4 Å². The van der Waals surface area contributed by atoms with Crippen LogP contribution in [0.3, 0.4) is 0 Å². The Bertz CT molecular complexity index is 604. The van der Waals surface area contributed by atoms with Gasteiger partial charge in [0.2, 0.25) is 0 Å². The number of anilines is 1. The molecule has 0 spiro atoms. The van der Waals surface area contributed by atoms with Crippen LogP contribution in [0.4, 0.5) is 5.82 Å². The summed E-state index contributed by atoms with van der Waals surface area (Å²) in [7, 11) is 0. The van der Waals surface area contributed by atoms with Crippen molar-refractivity contribution in [1.82, 2.24) is 10.3 Å². The summed E-state index contributed by atoms with van der Waals surface area (Å²) in [5.74, 6) is 2.90. The lowest BCUT2D eigenvalue weighted by atomic mass is 9.99. The molecular weight excluding hydrogens is 286 g/mol. The minimum Gasteiger partial charge on any atom is -0.364 e. The summed E-state index contributed by atoms with van der Waals surface area (Å²) >= 11 is 5.98. The molecule has 1 aromatic rings. The van der Waals surface area contributed by atoms with Gasteiger partial charge in [0.1, 0.15) is 5.82 Å². The number of rotatable bonds is 5. The predicted molar refractivity (Wildman–Crippen MR) is 85.5 cm³/mol. The Morgan fingerprint density at radius 1 is 1.62 bits per heavy atom. The SMILES string of the molecule is C#C[C@@](C)(CC)NC(=O)c1cc(Cl)cnc1NC1(C)CC1. The summed E-state index contributed by atoms with van der Waals surface area (Å²) in [5.41, 5.74) is -0.235. The topological polar surface area (TPSA) is 54.0 Å². The lowest BCUT2D eigenvalue weighted by Crippen LogP contribution is -2.44. The summed E-state index contributed by atoms with van der Waals surface area (Å²) in [6.45, 7) is 5.85. The first kappa shape index (κ1) is 15.7. The van der Waals surface area contributed by atoms with Crippen LogP contribution in [0.25, 0.3) is 0 Å². The Kier molecular flexibility index (Phi) is 4.15. The zero-order valence-electron chi connectivity index (χ0n) is 12.6. The van der Waals surface area contributed by atoms with Crippen LogP contribution >= 0.6 is 11.6 Å². The molecule has 0 aliphatic heterocycles. The van der Waals surface area contributed by atoms with E-state index in [1.54, 1.807) is 6.07 Å². The van der Waals surface area contributed by atoms with Crippen molar-refractivity contribution < 1.29 is 4.79 Å². The van der Waals surface area contributed by atoms with Gasteiger partial charge in [-0.15, -0.1) is 6.42 Å². The third-order valence-corrected chi connectivity index (χ3v) is 4.14. The van der Waals surface area contributed by atoms with Gasteiger partial charge in [-0.2, -0.15) is 0 Å². The lowest BCUT2D eigenvalue weighted by molar-refractivity contribution is 0.0924. The fourth-order valence-electron chi connectivity index (χ4n) is 1.85. The van der Waals surface area contributed by atoms with Crippen LogP contribution in [0.1, 0.15) is 50.4 Å². The van der Waals surface area contributed by atoms with Crippen LogP contribution in [0.5, 0.6) is 0 Å². The molecule has 21 heavy (non-hydrogen) atoms. The van der Waals surface area contributed by atoms with E-state index >= 15 is 0 Å². The second-order valence-corrected chi connectivity index (χ2v) is 6.46. The molecule has 1 aromatic heterocycles. The third kappa shape index (κ3) is 3.68. The van der Waals surface area contributed by atoms with Gasteiger partial charge in [-0.1, -0.05) is 24.4 Å². The number of nitrogens with zero attached hydrogens (tertiary/aromatic N) is 1. The van der Waals surface area contributed by atoms with E-state index in [0.717, 1.165) is 12.8 Å². The molecule has 1 saturated carbocycles. The van der Waals surface area contributed by atoms with Gasteiger partial charge < -0.3 is 10.6 Å². The highest BCUT2D eigenvalue weighted by Crippen LogP contribution is 2.38. The lowest BCUT2D eigenvalue weighted by Gasteiger charge is -2.24. The molecule has 2 rings (SSSR count). The zero-order chi connectivity index (χ0) is 15.7. The first-order valence-corrected chi connectivity index (χ1v) is 7.43. The minimum absolute atomic E-state index is 0.0238. The summed E-state index contributed by atoms with van der Waals surface area (Å²) in [4.78, 5) is 16.8. The highest BCUT2D eigenvalue weighted by molar-refractivity contribution is 6.31. The summed E-state index contributed by atoms with van der Waals surface area (Å²) < 4.78 is 0. The number of nitrogens with one attached hydrogen (secondary N) is 2. The van der Waals surface area contributed by atoms with Crippen LogP contribution in [0, 0.1) is 12.3 Å². The number of carbonyl (C=O) groups excluding carboxylic acids is 1. The fourth-order valence-corrected chi connectivity index (χ4v) is 2.01.